The van der Waals surface area contributed by atoms with E-state index < -0.39 is 0 Å². The first kappa shape index (κ1) is 15.5. The Kier molecular flexibility index (Phi) is 4.04. The average molecular weight is 350 g/mol. The molecule has 0 aliphatic rings. The second-order valence-corrected chi connectivity index (χ2v) is 6.21. The molecule has 0 atom stereocenters. The number of aromatic nitrogens is 2. The molecule has 0 saturated heterocycles. The van der Waals surface area contributed by atoms with Gasteiger partial charge in [0.15, 0.2) is 0 Å². The molecular formula is C20H16ClN3O. The van der Waals surface area contributed by atoms with Gasteiger partial charge in [-0.05, 0) is 42.0 Å². The van der Waals surface area contributed by atoms with Crippen molar-refractivity contribution in [2.45, 2.75) is 6.54 Å². The molecule has 0 aliphatic heterocycles. The van der Waals surface area contributed by atoms with Crippen LogP contribution in [0.4, 0.5) is 5.82 Å². The van der Waals surface area contributed by atoms with E-state index in [1.54, 1.807) is 12.1 Å². The highest BCUT2D eigenvalue weighted by Gasteiger charge is 2.14. The molecule has 0 bridgehead atoms. The lowest BCUT2D eigenvalue weighted by atomic mass is 10.1. The van der Waals surface area contributed by atoms with Gasteiger partial charge in [0.2, 0.25) is 0 Å². The van der Waals surface area contributed by atoms with Crippen LogP contribution in [-0.4, -0.2) is 14.5 Å². The Hall–Kier alpha value is -2.98. The normalized spacial score (nSPS) is 10.9. The number of rotatable bonds is 4. The molecule has 5 heteroatoms. The maximum atomic E-state index is 9.54. The third-order valence-corrected chi connectivity index (χ3v) is 4.25. The second-order valence-electron chi connectivity index (χ2n) is 5.77. The predicted molar refractivity (Wildman–Crippen MR) is 101 cm³/mol. The Morgan fingerprint density at radius 2 is 1.72 bits per heavy atom. The molecular weight excluding hydrogens is 334 g/mol. The quantitative estimate of drug-likeness (QED) is 0.546. The maximum absolute atomic E-state index is 9.54. The van der Waals surface area contributed by atoms with Crippen LogP contribution in [0.5, 0.6) is 5.75 Å². The van der Waals surface area contributed by atoms with Gasteiger partial charge in [0, 0.05) is 18.3 Å². The highest BCUT2D eigenvalue weighted by atomic mass is 35.5. The number of aromatic hydroxyl groups is 1. The Morgan fingerprint density at radius 3 is 2.48 bits per heavy atom. The van der Waals surface area contributed by atoms with Crippen LogP contribution in [0.3, 0.4) is 0 Å². The van der Waals surface area contributed by atoms with E-state index in [1.165, 1.54) is 5.56 Å². The zero-order valence-electron chi connectivity index (χ0n) is 13.4. The molecule has 2 heterocycles. The fourth-order valence-corrected chi connectivity index (χ4v) is 2.95. The number of halogens is 1. The number of imidazole rings is 1. The van der Waals surface area contributed by atoms with Crippen molar-refractivity contribution >= 4 is 23.1 Å². The van der Waals surface area contributed by atoms with Crippen molar-refractivity contribution in [3.8, 4) is 17.0 Å². The largest absolute Gasteiger partial charge is 0.508 e. The van der Waals surface area contributed by atoms with Crippen LogP contribution in [0.2, 0.25) is 5.02 Å². The first-order valence-electron chi connectivity index (χ1n) is 7.95. The third-order valence-electron chi connectivity index (χ3n) is 4.03. The number of phenols is 1. The number of anilines is 1. The Bertz CT molecular complexity index is 1010. The number of fused-ring (bicyclic) bond motifs is 1. The van der Waals surface area contributed by atoms with E-state index in [1.807, 2.05) is 53.1 Å². The monoisotopic (exact) mass is 349 g/mol. The van der Waals surface area contributed by atoms with Gasteiger partial charge in [-0.15, -0.1) is 0 Å². The molecule has 2 aromatic heterocycles. The van der Waals surface area contributed by atoms with Gasteiger partial charge in [-0.1, -0.05) is 41.9 Å². The molecule has 0 unspecified atom stereocenters. The minimum atomic E-state index is 0.231. The molecule has 2 N–H and O–H groups in total. The molecule has 0 saturated carbocycles. The lowest BCUT2D eigenvalue weighted by Gasteiger charge is -2.09. The van der Waals surface area contributed by atoms with Crippen LogP contribution in [0.15, 0.2) is 72.9 Å². The second kappa shape index (κ2) is 6.49. The standard InChI is InChI=1S/C20H16ClN3O/c21-16-8-11-18-23-19(15-6-9-17(25)10-7-15)20(24(18)13-16)22-12-14-4-2-1-3-5-14/h1-11,13,22,25H,12H2. The number of pyridine rings is 1. The molecule has 4 rings (SSSR count). The van der Waals surface area contributed by atoms with Crippen molar-refractivity contribution in [1.29, 1.82) is 0 Å². The molecule has 4 nitrogen and oxygen atoms in total. The summed E-state index contributed by atoms with van der Waals surface area (Å²) in [5.41, 5.74) is 3.73. The molecule has 25 heavy (non-hydrogen) atoms. The van der Waals surface area contributed by atoms with E-state index in [-0.39, 0.29) is 5.75 Å². The van der Waals surface area contributed by atoms with Gasteiger partial charge < -0.3 is 10.4 Å². The van der Waals surface area contributed by atoms with Gasteiger partial charge in [0.05, 0.1) is 5.02 Å². The van der Waals surface area contributed by atoms with Gasteiger partial charge >= 0.3 is 0 Å². The Morgan fingerprint density at radius 1 is 0.960 bits per heavy atom. The topological polar surface area (TPSA) is 49.6 Å². The fourth-order valence-electron chi connectivity index (χ4n) is 2.79. The van der Waals surface area contributed by atoms with Crippen LogP contribution in [-0.2, 0) is 6.54 Å². The highest BCUT2D eigenvalue weighted by Crippen LogP contribution is 2.31. The van der Waals surface area contributed by atoms with E-state index in [4.69, 9.17) is 16.6 Å². The number of phenolic OH excluding ortho intramolecular Hbond substituents is 1. The summed E-state index contributed by atoms with van der Waals surface area (Å²) < 4.78 is 1.95. The zero-order valence-corrected chi connectivity index (χ0v) is 14.1. The first-order valence-corrected chi connectivity index (χ1v) is 8.33. The molecule has 0 amide bonds. The molecule has 0 spiro atoms. The Labute approximate surface area is 150 Å². The van der Waals surface area contributed by atoms with Gasteiger partial charge in [0.25, 0.3) is 0 Å². The molecule has 124 valence electrons. The van der Waals surface area contributed by atoms with E-state index in [9.17, 15) is 5.11 Å². The zero-order chi connectivity index (χ0) is 17.2. The van der Waals surface area contributed by atoms with E-state index in [0.29, 0.717) is 11.6 Å². The van der Waals surface area contributed by atoms with Crippen molar-refractivity contribution in [3.05, 3.63) is 83.5 Å². The van der Waals surface area contributed by atoms with Crippen LogP contribution in [0, 0.1) is 0 Å². The summed E-state index contributed by atoms with van der Waals surface area (Å²) in [5, 5.41) is 13.7. The minimum absolute atomic E-state index is 0.231. The lowest BCUT2D eigenvalue weighted by Crippen LogP contribution is -2.03. The van der Waals surface area contributed by atoms with Crippen LogP contribution < -0.4 is 5.32 Å². The number of benzene rings is 2. The predicted octanol–water partition coefficient (Wildman–Crippen LogP) is 4.97. The summed E-state index contributed by atoms with van der Waals surface area (Å²) >= 11 is 6.17. The summed E-state index contributed by atoms with van der Waals surface area (Å²) in [6, 6.07) is 20.9. The van der Waals surface area contributed by atoms with Crippen molar-refractivity contribution in [1.82, 2.24) is 9.38 Å². The van der Waals surface area contributed by atoms with Crippen LogP contribution in [0.25, 0.3) is 16.9 Å². The van der Waals surface area contributed by atoms with E-state index >= 15 is 0 Å². The minimum Gasteiger partial charge on any atom is -0.508 e. The lowest BCUT2D eigenvalue weighted by molar-refractivity contribution is 0.475. The van der Waals surface area contributed by atoms with Gasteiger partial charge in [0.1, 0.15) is 22.9 Å². The number of nitrogens with zero attached hydrogens (tertiary/aromatic N) is 2. The smallest absolute Gasteiger partial charge is 0.139 e. The van der Waals surface area contributed by atoms with E-state index in [2.05, 4.69) is 17.4 Å². The molecule has 0 aliphatic carbocycles. The van der Waals surface area contributed by atoms with E-state index in [0.717, 1.165) is 22.7 Å². The van der Waals surface area contributed by atoms with Gasteiger partial charge in [-0.2, -0.15) is 0 Å². The SMILES string of the molecule is Oc1ccc(-c2nc3ccc(Cl)cn3c2NCc2ccccc2)cc1. The average Bonchev–Trinajstić information content (AvgIpc) is 2.99. The summed E-state index contributed by atoms with van der Waals surface area (Å²) in [5.74, 6) is 1.10. The molecule has 0 radical (unpaired) electrons. The van der Waals surface area contributed by atoms with Crippen molar-refractivity contribution < 1.29 is 5.11 Å². The number of nitrogens with one attached hydrogen (secondary N) is 1. The summed E-state index contributed by atoms with van der Waals surface area (Å²) in [4.78, 5) is 4.73. The maximum Gasteiger partial charge on any atom is 0.139 e. The summed E-state index contributed by atoms with van der Waals surface area (Å²) in [6.07, 6.45) is 1.85. The highest BCUT2D eigenvalue weighted by molar-refractivity contribution is 6.30. The van der Waals surface area contributed by atoms with Crippen LogP contribution in [0.1, 0.15) is 5.56 Å². The fraction of sp³-hybridized carbons (Fsp3) is 0.0500. The van der Waals surface area contributed by atoms with Crippen molar-refractivity contribution in [2.24, 2.45) is 0 Å². The number of hydrogen-bond donors (Lipinski definition) is 2. The van der Waals surface area contributed by atoms with Gasteiger partial charge in [-0.3, -0.25) is 4.40 Å². The van der Waals surface area contributed by atoms with Gasteiger partial charge in [-0.25, -0.2) is 4.98 Å². The number of hydrogen-bond acceptors (Lipinski definition) is 3. The van der Waals surface area contributed by atoms with Crippen molar-refractivity contribution in [2.75, 3.05) is 5.32 Å². The van der Waals surface area contributed by atoms with Crippen LogP contribution >= 0.6 is 11.6 Å². The molecule has 4 aromatic rings. The summed E-state index contributed by atoms with van der Waals surface area (Å²) in [7, 11) is 0. The Balaban J connectivity index is 1.79. The van der Waals surface area contributed by atoms with Crippen molar-refractivity contribution in [3.63, 3.8) is 0 Å². The third kappa shape index (κ3) is 3.16. The molecule has 0 fully saturated rings. The first-order chi connectivity index (χ1) is 12.2. The molecule has 2 aromatic carbocycles. The summed E-state index contributed by atoms with van der Waals surface area (Å²) in [6.45, 7) is 0.673.